The first-order valence-electron chi connectivity index (χ1n) is 16.4. The Kier molecular flexibility index (Phi) is 7.82. The number of nitrogens with zero attached hydrogens (tertiary/aromatic N) is 2. The number of rotatable bonds is 8. The molecule has 0 aromatic heterocycles. The van der Waals surface area contributed by atoms with Gasteiger partial charge in [0.1, 0.15) is 0 Å². The Morgan fingerprint density at radius 3 is 1.52 bits per heavy atom. The summed E-state index contributed by atoms with van der Waals surface area (Å²) in [5.74, 6) is 0. The zero-order valence-electron chi connectivity index (χ0n) is 26.6. The van der Waals surface area contributed by atoms with Crippen molar-refractivity contribution in [1.29, 1.82) is 0 Å². The summed E-state index contributed by atoms with van der Waals surface area (Å²) in [5, 5.41) is 4.90. The second-order valence-electron chi connectivity index (χ2n) is 12.1. The van der Waals surface area contributed by atoms with E-state index in [0.717, 1.165) is 17.1 Å². The highest BCUT2D eigenvalue weighted by Crippen LogP contribution is 2.47. The zero-order valence-corrected chi connectivity index (χ0v) is 26.6. The maximum absolute atomic E-state index is 4.42. The van der Waals surface area contributed by atoms with Crippen molar-refractivity contribution < 1.29 is 0 Å². The van der Waals surface area contributed by atoms with Crippen LogP contribution in [0.25, 0.3) is 54.9 Å². The van der Waals surface area contributed by atoms with Crippen molar-refractivity contribution in [2.24, 2.45) is 4.99 Å². The summed E-state index contributed by atoms with van der Waals surface area (Å²) in [6.07, 6.45) is 0. The molecule has 0 radical (unpaired) electrons. The number of hydrogen-bond acceptors (Lipinski definition) is 2. The summed E-state index contributed by atoms with van der Waals surface area (Å²) in [5.41, 5.74) is 11.5. The number of hydrogen-bond donors (Lipinski definition) is 0. The molecule has 0 aliphatic heterocycles. The lowest BCUT2D eigenvalue weighted by molar-refractivity contribution is 0.976. The standard InChI is InChI=1S/C46H34N2/c1-47-43-24-14-15-25-44(43)48(32-33-16-6-2-7-17-33)38-27-29-40-42(31-38)46(36-22-12-5-13-23-36)39-28-26-37(34-18-8-3-9-19-34)30-41(39)45(40)35-20-10-4-11-21-35/h2-31H,1,32H2. The summed E-state index contributed by atoms with van der Waals surface area (Å²) in [6, 6.07) is 65.1. The van der Waals surface area contributed by atoms with Gasteiger partial charge in [-0.25, -0.2) is 0 Å². The van der Waals surface area contributed by atoms with E-state index in [9.17, 15) is 0 Å². The van der Waals surface area contributed by atoms with Crippen LogP contribution in [0.5, 0.6) is 0 Å². The second-order valence-corrected chi connectivity index (χ2v) is 12.1. The number of para-hydroxylation sites is 2. The van der Waals surface area contributed by atoms with Crippen LogP contribution < -0.4 is 4.90 Å². The highest BCUT2D eigenvalue weighted by molar-refractivity contribution is 6.22. The van der Waals surface area contributed by atoms with Gasteiger partial charge in [0.2, 0.25) is 0 Å². The van der Waals surface area contributed by atoms with Gasteiger partial charge in [0.05, 0.1) is 11.4 Å². The van der Waals surface area contributed by atoms with Gasteiger partial charge in [0.15, 0.2) is 0 Å². The molecule has 0 aliphatic rings. The van der Waals surface area contributed by atoms with Crippen LogP contribution in [-0.2, 0) is 6.54 Å². The van der Waals surface area contributed by atoms with E-state index in [2.05, 4.69) is 186 Å². The van der Waals surface area contributed by atoms with Crippen LogP contribution in [0, 0.1) is 0 Å². The first kappa shape index (κ1) is 29.2. The second kappa shape index (κ2) is 12.9. The fourth-order valence-electron chi connectivity index (χ4n) is 6.93. The van der Waals surface area contributed by atoms with Crippen LogP contribution in [0.1, 0.15) is 5.56 Å². The Morgan fingerprint density at radius 2 is 0.917 bits per heavy atom. The summed E-state index contributed by atoms with van der Waals surface area (Å²) in [4.78, 5) is 6.78. The molecule has 48 heavy (non-hydrogen) atoms. The lowest BCUT2D eigenvalue weighted by Crippen LogP contribution is -2.16. The monoisotopic (exact) mass is 614 g/mol. The third-order valence-electron chi connectivity index (χ3n) is 9.17. The Balaban J connectivity index is 1.46. The molecule has 0 saturated carbocycles. The molecule has 2 heteroatoms. The normalized spacial score (nSPS) is 11.1. The number of benzene rings is 8. The van der Waals surface area contributed by atoms with Crippen molar-refractivity contribution in [2.45, 2.75) is 6.54 Å². The van der Waals surface area contributed by atoms with Gasteiger partial charge in [-0.2, -0.15) is 0 Å². The van der Waals surface area contributed by atoms with E-state index in [4.69, 9.17) is 0 Å². The van der Waals surface area contributed by atoms with E-state index < -0.39 is 0 Å². The van der Waals surface area contributed by atoms with E-state index in [-0.39, 0.29) is 0 Å². The van der Waals surface area contributed by atoms with Crippen molar-refractivity contribution in [2.75, 3.05) is 4.90 Å². The van der Waals surface area contributed by atoms with Gasteiger partial charge in [-0.1, -0.05) is 152 Å². The van der Waals surface area contributed by atoms with Crippen LogP contribution in [0.2, 0.25) is 0 Å². The average Bonchev–Trinajstić information content (AvgIpc) is 3.17. The van der Waals surface area contributed by atoms with Crippen molar-refractivity contribution in [1.82, 2.24) is 0 Å². The van der Waals surface area contributed by atoms with Gasteiger partial charge >= 0.3 is 0 Å². The zero-order chi connectivity index (χ0) is 32.3. The molecule has 0 amide bonds. The minimum absolute atomic E-state index is 0.694. The van der Waals surface area contributed by atoms with Gasteiger partial charge < -0.3 is 4.90 Å². The summed E-state index contributed by atoms with van der Waals surface area (Å²) >= 11 is 0. The van der Waals surface area contributed by atoms with Gasteiger partial charge in [0, 0.05) is 12.2 Å². The minimum atomic E-state index is 0.694. The Hall–Kier alpha value is -6.25. The Labute approximate surface area is 281 Å². The molecule has 8 aromatic carbocycles. The predicted molar refractivity (Wildman–Crippen MR) is 206 cm³/mol. The average molecular weight is 615 g/mol. The summed E-state index contributed by atoms with van der Waals surface area (Å²) < 4.78 is 0. The third kappa shape index (κ3) is 5.44. The number of anilines is 2. The predicted octanol–water partition coefficient (Wildman–Crippen LogP) is 12.7. The smallest absolute Gasteiger partial charge is 0.0859 e. The first-order valence-corrected chi connectivity index (χ1v) is 16.4. The molecule has 8 rings (SSSR count). The highest BCUT2D eigenvalue weighted by Gasteiger charge is 2.20. The molecule has 0 unspecified atom stereocenters. The molecule has 0 heterocycles. The molecule has 0 saturated heterocycles. The molecule has 0 aliphatic carbocycles. The number of aliphatic imine (C=N–C) groups is 1. The fourth-order valence-corrected chi connectivity index (χ4v) is 6.93. The quantitative estimate of drug-likeness (QED) is 0.123. The van der Waals surface area contributed by atoms with Crippen LogP contribution in [0.3, 0.4) is 0 Å². The van der Waals surface area contributed by atoms with Crippen molar-refractivity contribution in [3.8, 4) is 33.4 Å². The molecule has 0 spiro atoms. The van der Waals surface area contributed by atoms with Crippen LogP contribution in [0.15, 0.2) is 187 Å². The Bertz CT molecular complexity index is 2360. The molecule has 0 N–H and O–H groups in total. The van der Waals surface area contributed by atoms with Crippen molar-refractivity contribution >= 4 is 45.3 Å². The summed E-state index contributed by atoms with van der Waals surface area (Å²) in [7, 11) is 0. The maximum Gasteiger partial charge on any atom is 0.0859 e. The molecular formula is C46H34N2. The van der Waals surface area contributed by atoms with Gasteiger partial charge in [-0.15, -0.1) is 0 Å². The largest absolute Gasteiger partial charge is 0.335 e. The molecule has 0 fully saturated rings. The van der Waals surface area contributed by atoms with Crippen LogP contribution in [-0.4, -0.2) is 6.72 Å². The molecular weight excluding hydrogens is 581 g/mol. The van der Waals surface area contributed by atoms with E-state index in [0.29, 0.717) is 6.54 Å². The fraction of sp³-hybridized carbons (Fsp3) is 0.0217. The van der Waals surface area contributed by atoms with E-state index in [1.54, 1.807) is 0 Å². The summed E-state index contributed by atoms with van der Waals surface area (Å²) in [6.45, 7) is 4.60. The lowest BCUT2D eigenvalue weighted by Gasteiger charge is -2.28. The third-order valence-corrected chi connectivity index (χ3v) is 9.17. The van der Waals surface area contributed by atoms with E-state index in [1.165, 1.54) is 60.5 Å². The van der Waals surface area contributed by atoms with Gasteiger partial charge in [-0.05, 0) is 97.5 Å². The minimum Gasteiger partial charge on any atom is -0.335 e. The molecule has 2 nitrogen and oxygen atoms in total. The molecule has 0 atom stereocenters. The maximum atomic E-state index is 4.42. The SMILES string of the molecule is C=Nc1ccccc1N(Cc1ccccc1)c1ccc2c(-c3ccccc3)c3cc(-c4ccccc4)ccc3c(-c3ccccc3)c2c1. The first-order chi connectivity index (χ1) is 23.8. The van der Waals surface area contributed by atoms with Crippen LogP contribution >= 0.6 is 0 Å². The number of fused-ring (bicyclic) bond motifs is 2. The van der Waals surface area contributed by atoms with E-state index in [1.807, 2.05) is 12.1 Å². The van der Waals surface area contributed by atoms with Gasteiger partial charge in [-0.3, -0.25) is 4.99 Å². The van der Waals surface area contributed by atoms with Crippen molar-refractivity contribution in [3.63, 3.8) is 0 Å². The molecule has 0 bridgehead atoms. The molecule has 8 aromatic rings. The highest BCUT2D eigenvalue weighted by atomic mass is 15.1. The van der Waals surface area contributed by atoms with Crippen LogP contribution in [0.4, 0.5) is 17.1 Å². The van der Waals surface area contributed by atoms with Gasteiger partial charge in [0.25, 0.3) is 0 Å². The van der Waals surface area contributed by atoms with E-state index >= 15 is 0 Å². The molecule has 228 valence electrons. The lowest BCUT2D eigenvalue weighted by atomic mass is 9.84. The Morgan fingerprint density at radius 1 is 0.417 bits per heavy atom. The van der Waals surface area contributed by atoms with Crippen molar-refractivity contribution in [3.05, 3.63) is 188 Å². The topological polar surface area (TPSA) is 15.6 Å².